The largest absolute Gasteiger partial charge is 0.417 e. The number of rotatable bonds is 5. The van der Waals surface area contributed by atoms with Crippen LogP contribution in [0.5, 0.6) is 0 Å². The Hall–Kier alpha value is -3.56. The molecule has 2 unspecified atom stereocenters. The molecule has 1 aromatic carbocycles. The Morgan fingerprint density at radius 2 is 1.91 bits per heavy atom. The summed E-state index contributed by atoms with van der Waals surface area (Å²) in [5.74, 6) is -0.0673. The van der Waals surface area contributed by atoms with Gasteiger partial charge in [0.05, 0.1) is 17.2 Å². The lowest BCUT2D eigenvalue weighted by atomic mass is 9.89. The Morgan fingerprint density at radius 1 is 1.17 bits per heavy atom. The van der Waals surface area contributed by atoms with E-state index in [1.165, 1.54) is 30.6 Å². The highest BCUT2D eigenvalue weighted by molar-refractivity contribution is 6.01. The number of alkyl halides is 3. The van der Waals surface area contributed by atoms with Crippen LogP contribution in [0, 0.1) is 18.7 Å². The zero-order valence-corrected chi connectivity index (χ0v) is 19.3. The maximum Gasteiger partial charge on any atom is 0.417 e. The highest BCUT2D eigenvalue weighted by atomic mass is 19.4. The lowest BCUT2D eigenvalue weighted by Gasteiger charge is -2.40. The van der Waals surface area contributed by atoms with Crippen LogP contribution in [-0.2, 0) is 6.18 Å². The van der Waals surface area contributed by atoms with Gasteiger partial charge in [0.1, 0.15) is 11.6 Å². The predicted molar refractivity (Wildman–Crippen MR) is 123 cm³/mol. The van der Waals surface area contributed by atoms with Gasteiger partial charge in [-0.25, -0.2) is 19.3 Å². The Labute approximate surface area is 200 Å². The quantitative estimate of drug-likeness (QED) is 0.491. The van der Waals surface area contributed by atoms with Crippen molar-refractivity contribution in [2.24, 2.45) is 5.92 Å². The molecular weight excluding hydrogens is 462 g/mol. The summed E-state index contributed by atoms with van der Waals surface area (Å²) in [5.41, 5.74) is 0.312. The van der Waals surface area contributed by atoms with Crippen molar-refractivity contribution in [1.29, 1.82) is 0 Å². The van der Waals surface area contributed by atoms with Crippen LogP contribution < -0.4 is 5.32 Å². The first-order valence-electron chi connectivity index (χ1n) is 11.3. The number of carbonyl (C=O) groups excluding carboxylic acids is 1. The van der Waals surface area contributed by atoms with Crippen molar-refractivity contribution in [3.63, 3.8) is 0 Å². The highest BCUT2D eigenvalue weighted by Crippen LogP contribution is 2.31. The minimum Gasteiger partial charge on any atom is -0.368 e. The molecule has 6 nitrogen and oxygen atoms in total. The maximum atomic E-state index is 14.3. The molecule has 1 amide bonds. The molecule has 35 heavy (non-hydrogen) atoms. The van der Waals surface area contributed by atoms with Crippen molar-refractivity contribution in [2.75, 3.05) is 18.4 Å². The fourth-order valence-corrected chi connectivity index (χ4v) is 4.47. The molecule has 0 bridgehead atoms. The van der Waals surface area contributed by atoms with Gasteiger partial charge in [-0.1, -0.05) is 6.92 Å². The molecule has 0 radical (unpaired) electrons. The van der Waals surface area contributed by atoms with Crippen LogP contribution >= 0.6 is 0 Å². The molecule has 0 saturated carbocycles. The second-order valence-electron chi connectivity index (χ2n) is 8.71. The summed E-state index contributed by atoms with van der Waals surface area (Å²) in [6.07, 6.45) is 1.09. The van der Waals surface area contributed by atoms with Crippen LogP contribution in [-0.4, -0.2) is 44.9 Å². The van der Waals surface area contributed by atoms with Crippen LogP contribution in [0.25, 0.3) is 11.4 Å². The number of benzene rings is 1. The normalized spacial score (nSPS) is 18.4. The molecular formula is C25H25F4N5O. The Morgan fingerprint density at radius 3 is 2.57 bits per heavy atom. The van der Waals surface area contributed by atoms with Crippen LogP contribution in [0.4, 0.5) is 23.4 Å². The third-order valence-electron chi connectivity index (χ3n) is 6.28. The van der Waals surface area contributed by atoms with Crippen molar-refractivity contribution >= 4 is 11.7 Å². The van der Waals surface area contributed by atoms with Crippen molar-refractivity contribution in [2.45, 2.75) is 38.9 Å². The minimum absolute atomic E-state index is 0.131. The van der Waals surface area contributed by atoms with Gasteiger partial charge in [-0.05, 0) is 61.6 Å². The summed E-state index contributed by atoms with van der Waals surface area (Å²) in [4.78, 5) is 27.9. The zero-order chi connectivity index (χ0) is 25.2. The molecule has 0 aliphatic carbocycles. The van der Waals surface area contributed by atoms with Crippen LogP contribution in [0.2, 0.25) is 0 Å². The van der Waals surface area contributed by atoms with Gasteiger partial charge in [0.25, 0.3) is 5.91 Å². The third-order valence-corrected chi connectivity index (χ3v) is 6.28. The van der Waals surface area contributed by atoms with E-state index >= 15 is 0 Å². The number of nitrogens with zero attached hydrogens (tertiary/aromatic N) is 4. The number of aromatic nitrogens is 3. The van der Waals surface area contributed by atoms with E-state index in [0.29, 0.717) is 35.6 Å². The number of carbonyl (C=O) groups is 1. The standard InChI is InChI=1S/C25H25F4N5O/c1-15-5-3-10-34(20(15)14-33-21-7-6-17(13-32-21)25(27,28)29)24(35)22-16(2)11-18(26)12-19(22)23-30-8-4-9-31-23/h4,6-9,11-13,15,20H,3,5,10,14H2,1-2H3,(H,32,33). The number of amides is 1. The molecule has 3 aromatic rings. The molecule has 1 aliphatic rings. The molecule has 10 heteroatoms. The molecule has 1 N–H and O–H groups in total. The van der Waals surface area contributed by atoms with E-state index in [1.54, 1.807) is 17.9 Å². The lowest BCUT2D eigenvalue weighted by Crippen LogP contribution is -2.51. The fraction of sp³-hybridized carbons (Fsp3) is 0.360. The number of hydrogen-bond acceptors (Lipinski definition) is 5. The minimum atomic E-state index is -4.46. The van der Waals surface area contributed by atoms with Gasteiger partial charge in [0.2, 0.25) is 0 Å². The first kappa shape index (κ1) is 24.6. The zero-order valence-electron chi connectivity index (χ0n) is 19.3. The Bertz CT molecular complexity index is 1180. The summed E-state index contributed by atoms with van der Waals surface area (Å²) in [5, 5.41) is 3.07. The van der Waals surface area contributed by atoms with Gasteiger partial charge in [0.15, 0.2) is 5.82 Å². The van der Waals surface area contributed by atoms with Crippen LogP contribution in [0.1, 0.15) is 41.3 Å². The summed E-state index contributed by atoms with van der Waals surface area (Å²) in [7, 11) is 0. The van der Waals surface area contributed by atoms with E-state index in [0.717, 1.165) is 25.1 Å². The fourth-order valence-electron chi connectivity index (χ4n) is 4.47. The maximum absolute atomic E-state index is 14.3. The number of aryl methyl sites for hydroxylation is 1. The Balaban J connectivity index is 1.60. The number of nitrogens with one attached hydrogen (secondary N) is 1. The summed E-state index contributed by atoms with van der Waals surface area (Å²) in [6.45, 7) is 4.52. The van der Waals surface area contributed by atoms with E-state index in [4.69, 9.17) is 0 Å². The number of likely N-dealkylation sites (tertiary alicyclic amines) is 1. The first-order chi connectivity index (χ1) is 16.6. The number of hydrogen-bond donors (Lipinski definition) is 1. The Kier molecular flexibility index (Phi) is 7.00. The third kappa shape index (κ3) is 5.41. The number of piperidine rings is 1. The number of pyridine rings is 1. The molecule has 2 aromatic heterocycles. The SMILES string of the molecule is Cc1cc(F)cc(-c2ncccn2)c1C(=O)N1CCCC(C)C1CNc1ccc(C(F)(F)F)cn1. The van der Waals surface area contributed by atoms with Crippen molar-refractivity contribution in [3.8, 4) is 11.4 Å². The number of halogens is 4. The van der Waals surface area contributed by atoms with Crippen LogP contribution in [0.3, 0.4) is 0 Å². The van der Waals surface area contributed by atoms with Gasteiger partial charge < -0.3 is 10.2 Å². The van der Waals surface area contributed by atoms with E-state index in [2.05, 4.69) is 20.3 Å². The van der Waals surface area contributed by atoms with Gasteiger partial charge in [-0.15, -0.1) is 0 Å². The topological polar surface area (TPSA) is 71.0 Å². The highest BCUT2D eigenvalue weighted by Gasteiger charge is 2.35. The first-order valence-corrected chi connectivity index (χ1v) is 11.3. The van der Waals surface area contributed by atoms with Crippen molar-refractivity contribution < 1.29 is 22.4 Å². The summed E-state index contributed by atoms with van der Waals surface area (Å²) in [6, 6.07) is 6.22. The summed E-state index contributed by atoms with van der Waals surface area (Å²) < 4.78 is 52.8. The van der Waals surface area contributed by atoms with Gasteiger partial charge in [0, 0.05) is 37.2 Å². The molecule has 1 aliphatic heterocycles. The van der Waals surface area contributed by atoms with Crippen molar-refractivity contribution in [1.82, 2.24) is 19.9 Å². The number of anilines is 1. The molecule has 1 fully saturated rings. The van der Waals surface area contributed by atoms with E-state index in [-0.39, 0.29) is 23.7 Å². The lowest BCUT2D eigenvalue weighted by molar-refractivity contribution is -0.137. The van der Waals surface area contributed by atoms with E-state index in [1.807, 2.05) is 6.92 Å². The monoisotopic (exact) mass is 487 g/mol. The second-order valence-corrected chi connectivity index (χ2v) is 8.71. The van der Waals surface area contributed by atoms with Crippen LogP contribution in [0.15, 0.2) is 48.9 Å². The van der Waals surface area contributed by atoms with E-state index in [9.17, 15) is 22.4 Å². The van der Waals surface area contributed by atoms with Gasteiger partial charge in [-0.2, -0.15) is 13.2 Å². The van der Waals surface area contributed by atoms with Gasteiger partial charge >= 0.3 is 6.18 Å². The predicted octanol–water partition coefficient (Wildman–Crippen LogP) is 5.36. The molecule has 184 valence electrons. The molecule has 2 atom stereocenters. The second kappa shape index (κ2) is 9.97. The average molecular weight is 488 g/mol. The summed E-state index contributed by atoms with van der Waals surface area (Å²) >= 11 is 0. The molecule has 0 spiro atoms. The average Bonchev–Trinajstić information content (AvgIpc) is 2.82. The van der Waals surface area contributed by atoms with Crippen molar-refractivity contribution in [3.05, 3.63) is 71.4 Å². The molecule has 4 rings (SSSR count). The molecule has 1 saturated heterocycles. The van der Waals surface area contributed by atoms with Gasteiger partial charge in [-0.3, -0.25) is 4.79 Å². The molecule has 3 heterocycles. The van der Waals surface area contributed by atoms with E-state index < -0.39 is 17.6 Å². The smallest absolute Gasteiger partial charge is 0.368 e.